The van der Waals surface area contributed by atoms with E-state index in [0.29, 0.717) is 12.8 Å². The molecule has 0 saturated carbocycles. The Morgan fingerprint density at radius 1 is 1.11 bits per heavy atom. The molecule has 0 bridgehead atoms. The predicted molar refractivity (Wildman–Crippen MR) is 105 cm³/mol. The number of hydrogen-bond acceptors (Lipinski definition) is 5. The molecule has 150 valence electrons. The van der Waals surface area contributed by atoms with Gasteiger partial charge in [-0.3, -0.25) is 9.59 Å². The molecule has 0 aromatic heterocycles. The van der Waals surface area contributed by atoms with Gasteiger partial charge >= 0.3 is 8.03 Å². The average molecular weight is 397 g/mol. The minimum absolute atomic E-state index is 0.138. The van der Waals surface area contributed by atoms with Crippen molar-refractivity contribution in [2.45, 2.75) is 32.7 Å². The molecule has 27 heavy (non-hydrogen) atoms. The Morgan fingerprint density at radius 3 is 2.22 bits per heavy atom. The number of amides is 2. The second kappa shape index (κ2) is 11.7. The smallest absolute Gasteiger partial charge is 0.497 e. The quantitative estimate of drug-likeness (QED) is 0.560. The van der Waals surface area contributed by atoms with E-state index < -0.39 is 20.0 Å². The molecule has 0 saturated heterocycles. The number of rotatable bonds is 11. The van der Waals surface area contributed by atoms with E-state index in [1.165, 1.54) is 14.2 Å². The van der Waals surface area contributed by atoms with Crippen LogP contribution in [0.5, 0.6) is 5.75 Å². The molecule has 2 N–H and O–H groups in total. The van der Waals surface area contributed by atoms with E-state index in [0.717, 1.165) is 11.3 Å². The molecule has 3 unspecified atom stereocenters. The second-order valence-corrected chi connectivity index (χ2v) is 8.15. The van der Waals surface area contributed by atoms with Gasteiger partial charge in [0, 0.05) is 13.5 Å². The summed E-state index contributed by atoms with van der Waals surface area (Å²) in [6, 6.07) is 6.61. The lowest BCUT2D eigenvalue weighted by atomic mass is 9.97. The molecule has 8 heteroatoms. The van der Waals surface area contributed by atoms with E-state index in [2.05, 4.69) is 10.6 Å². The topological polar surface area (TPSA) is 93.7 Å². The maximum absolute atomic E-state index is 12.8. The largest absolute Gasteiger partial charge is 0.508 e. The standard InChI is InChI=1S/C19H29N2O5P/c1-13(2)10-15(12-27(24)26-5)18(22)21-17(19(23)20-3)11-14-6-8-16(25-4)9-7-14/h6-9,13,15,17H,10-12H2,1-5H3,(H-,20,21,22,23)/p+1. The SMILES string of the molecule is CNC(=O)C(Cc1ccc(OC)cc1)NC(=O)C(CC(C)C)C[P+](=O)OC. The van der Waals surface area contributed by atoms with Crippen molar-refractivity contribution in [2.75, 3.05) is 27.4 Å². The van der Waals surface area contributed by atoms with Gasteiger partial charge in [-0.2, -0.15) is 0 Å². The molecule has 7 nitrogen and oxygen atoms in total. The lowest BCUT2D eigenvalue weighted by molar-refractivity contribution is -0.130. The number of methoxy groups -OCH3 is 1. The summed E-state index contributed by atoms with van der Waals surface area (Å²) in [5.41, 5.74) is 0.896. The third-order valence-electron chi connectivity index (χ3n) is 4.18. The second-order valence-electron chi connectivity index (χ2n) is 6.75. The highest BCUT2D eigenvalue weighted by molar-refractivity contribution is 7.39. The van der Waals surface area contributed by atoms with Crippen LogP contribution >= 0.6 is 8.03 Å². The molecule has 0 spiro atoms. The number of carbonyl (C=O) groups excluding carboxylic acids is 2. The molecule has 0 heterocycles. The van der Waals surface area contributed by atoms with Crippen LogP contribution in [0.3, 0.4) is 0 Å². The van der Waals surface area contributed by atoms with Crippen molar-refractivity contribution in [1.29, 1.82) is 0 Å². The third-order valence-corrected chi connectivity index (χ3v) is 5.32. The van der Waals surface area contributed by atoms with E-state index in [1.54, 1.807) is 7.11 Å². The molecular formula is C19H30N2O5P+. The van der Waals surface area contributed by atoms with Crippen LogP contribution in [0.25, 0.3) is 0 Å². The number of hydrogen-bond donors (Lipinski definition) is 2. The highest BCUT2D eigenvalue weighted by atomic mass is 31.1. The van der Waals surface area contributed by atoms with Gasteiger partial charge in [-0.25, -0.2) is 0 Å². The molecule has 0 radical (unpaired) electrons. The van der Waals surface area contributed by atoms with Crippen LogP contribution in [0.15, 0.2) is 24.3 Å². The summed E-state index contributed by atoms with van der Waals surface area (Å²) < 4.78 is 21.8. The highest BCUT2D eigenvalue weighted by Gasteiger charge is 2.32. The fourth-order valence-electron chi connectivity index (χ4n) is 2.76. The van der Waals surface area contributed by atoms with Crippen LogP contribution in [0.4, 0.5) is 0 Å². The van der Waals surface area contributed by atoms with E-state index in [-0.39, 0.29) is 23.9 Å². The molecule has 0 fully saturated rings. The Bertz CT molecular complexity index is 633. The molecule has 2 amide bonds. The summed E-state index contributed by atoms with van der Waals surface area (Å²) in [7, 11) is 2.57. The van der Waals surface area contributed by atoms with E-state index in [1.807, 2.05) is 38.1 Å². The van der Waals surface area contributed by atoms with E-state index >= 15 is 0 Å². The Labute approximate surface area is 162 Å². The molecular weight excluding hydrogens is 367 g/mol. The van der Waals surface area contributed by atoms with Crippen molar-refractivity contribution in [3.63, 3.8) is 0 Å². The first kappa shape index (κ1) is 23.1. The van der Waals surface area contributed by atoms with Gasteiger partial charge in [-0.1, -0.05) is 26.0 Å². The van der Waals surface area contributed by atoms with Gasteiger partial charge in [-0.05, 0) is 34.6 Å². The van der Waals surface area contributed by atoms with Gasteiger partial charge in [0.2, 0.25) is 11.8 Å². The van der Waals surface area contributed by atoms with Gasteiger partial charge in [-0.15, -0.1) is 4.52 Å². The van der Waals surface area contributed by atoms with Crippen LogP contribution in [0.1, 0.15) is 25.8 Å². The van der Waals surface area contributed by atoms with Gasteiger partial charge in [0.15, 0.2) is 6.16 Å². The normalized spacial score (nSPS) is 13.6. The molecule has 3 atom stereocenters. The summed E-state index contributed by atoms with van der Waals surface area (Å²) >= 11 is 0. The van der Waals surface area contributed by atoms with E-state index in [4.69, 9.17) is 9.26 Å². The van der Waals surface area contributed by atoms with Crippen molar-refractivity contribution < 1.29 is 23.4 Å². The first-order valence-electron chi connectivity index (χ1n) is 8.94. The maximum atomic E-state index is 12.8. The van der Waals surface area contributed by atoms with Gasteiger partial charge in [0.1, 0.15) is 11.8 Å². The zero-order chi connectivity index (χ0) is 20.4. The zero-order valence-corrected chi connectivity index (χ0v) is 17.5. The Balaban J connectivity index is 2.89. The third kappa shape index (κ3) is 8.06. The monoisotopic (exact) mass is 397 g/mol. The molecule has 1 rings (SSSR count). The number of benzene rings is 1. The molecule has 1 aromatic rings. The first-order valence-corrected chi connectivity index (χ1v) is 10.3. The van der Waals surface area contributed by atoms with Crippen molar-refractivity contribution in [3.8, 4) is 5.75 Å². The Kier molecular flexibility index (Phi) is 9.97. The lowest BCUT2D eigenvalue weighted by Crippen LogP contribution is -2.49. The molecule has 0 aliphatic heterocycles. The number of nitrogens with one attached hydrogen (secondary N) is 2. The zero-order valence-electron chi connectivity index (χ0n) is 16.7. The van der Waals surface area contributed by atoms with Crippen molar-refractivity contribution in [1.82, 2.24) is 10.6 Å². The summed E-state index contributed by atoms with van der Waals surface area (Å²) in [4.78, 5) is 25.0. The van der Waals surface area contributed by atoms with Crippen LogP contribution in [0, 0.1) is 11.8 Å². The number of likely N-dealkylation sites (N-methyl/N-ethyl adjacent to an activating group) is 1. The predicted octanol–water partition coefficient (Wildman–Crippen LogP) is 2.52. The van der Waals surface area contributed by atoms with Crippen LogP contribution in [-0.2, 0) is 25.1 Å². The van der Waals surface area contributed by atoms with E-state index in [9.17, 15) is 14.2 Å². The minimum atomic E-state index is -1.90. The highest BCUT2D eigenvalue weighted by Crippen LogP contribution is 2.28. The molecule has 0 aliphatic carbocycles. The van der Waals surface area contributed by atoms with Crippen molar-refractivity contribution in [3.05, 3.63) is 29.8 Å². The van der Waals surface area contributed by atoms with Crippen LogP contribution in [0.2, 0.25) is 0 Å². The summed E-state index contributed by atoms with van der Waals surface area (Å²) in [6.07, 6.45) is 1.05. The Hall–Kier alpha value is -1.98. The number of carbonyl (C=O) groups is 2. The fraction of sp³-hybridized carbons (Fsp3) is 0.579. The van der Waals surface area contributed by atoms with Gasteiger partial charge in [0.25, 0.3) is 0 Å². The van der Waals surface area contributed by atoms with Gasteiger partial charge in [0.05, 0.1) is 20.1 Å². The summed E-state index contributed by atoms with van der Waals surface area (Å²) in [6.45, 7) is 3.99. The fourth-order valence-corrected chi connectivity index (χ4v) is 3.58. The van der Waals surface area contributed by atoms with Crippen molar-refractivity contribution in [2.24, 2.45) is 11.8 Å². The summed E-state index contributed by atoms with van der Waals surface area (Å²) in [5.74, 6) is -0.0675. The van der Waals surface area contributed by atoms with Crippen molar-refractivity contribution >= 4 is 19.8 Å². The average Bonchev–Trinajstić information content (AvgIpc) is 2.66. The Morgan fingerprint density at radius 2 is 1.74 bits per heavy atom. The molecule has 1 aromatic carbocycles. The maximum Gasteiger partial charge on any atom is 0.508 e. The number of ether oxygens (including phenoxy) is 1. The van der Waals surface area contributed by atoms with Gasteiger partial charge < -0.3 is 15.4 Å². The first-order chi connectivity index (χ1) is 12.8. The minimum Gasteiger partial charge on any atom is -0.497 e. The van der Waals surface area contributed by atoms with Crippen LogP contribution in [-0.4, -0.2) is 45.3 Å². The van der Waals surface area contributed by atoms with Crippen LogP contribution < -0.4 is 15.4 Å². The molecule has 0 aliphatic rings. The lowest BCUT2D eigenvalue weighted by Gasteiger charge is -2.21. The summed E-state index contributed by atoms with van der Waals surface area (Å²) in [5, 5.41) is 5.40.